The molecule has 4 fully saturated rings. The summed E-state index contributed by atoms with van der Waals surface area (Å²) in [7, 11) is 3.76. The number of carbonyl (C=O) groups excluding carboxylic acids is 1. The van der Waals surface area contributed by atoms with Crippen LogP contribution >= 0.6 is 0 Å². The highest BCUT2D eigenvalue weighted by Crippen LogP contribution is 2.63. The van der Waals surface area contributed by atoms with E-state index in [0.29, 0.717) is 40.1 Å². The molecule has 4 aliphatic rings. The normalized spacial score (nSPS) is 21.5. The summed E-state index contributed by atoms with van der Waals surface area (Å²) in [5.41, 5.74) is 10.1. The van der Waals surface area contributed by atoms with E-state index in [9.17, 15) is 4.79 Å². The predicted molar refractivity (Wildman–Crippen MR) is 141 cm³/mol. The van der Waals surface area contributed by atoms with Gasteiger partial charge in [0.1, 0.15) is 16.8 Å². The Morgan fingerprint density at radius 1 is 1.16 bits per heavy atom. The highest BCUT2D eigenvalue weighted by molar-refractivity contribution is 5.95. The summed E-state index contributed by atoms with van der Waals surface area (Å²) in [6.45, 7) is 5.16. The molecule has 2 aromatic heterocycles. The molecule has 37 heavy (non-hydrogen) atoms. The van der Waals surface area contributed by atoms with Crippen molar-refractivity contribution >= 4 is 28.7 Å². The lowest BCUT2D eigenvalue weighted by Crippen LogP contribution is -2.72. The van der Waals surface area contributed by atoms with Gasteiger partial charge in [-0.1, -0.05) is 6.07 Å². The second-order valence-electron chi connectivity index (χ2n) is 12.0. The number of ether oxygens (including phenoxy) is 1. The SMILES string of the molecule is COc1cc(C(=O)N2CC3(CN(C)C3)C2)ccc1Cn1ncc2nc(N)nc(NCC3CC4(CC4)C3)c21. The van der Waals surface area contributed by atoms with Gasteiger partial charge in [-0.2, -0.15) is 10.1 Å². The van der Waals surface area contributed by atoms with Crippen molar-refractivity contribution in [3.05, 3.63) is 35.5 Å². The first-order valence-corrected chi connectivity index (χ1v) is 13.2. The van der Waals surface area contributed by atoms with Crippen molar-refractivity contribution in [3.63, 3.8) is 0 Å². The Bertz CT molecular complexity index is 1370. The van der Waals surface area contributed by atoms with Crippen molar-refractivity contribution in [1.29, 1.82) is 0 Å². The van der Waals surface area contributed by atoms with E-state index in [2.05, 4.69) is 32.3 Å². The van der Waals surface area contributed by atoms with Crippen LogP contribution in [0.3, 0.4) is 0 Å². The first-order valence-electron chi connectivity index (χ1n) is 13.2. The number of nitrogens with zero attached hydrogens (tertiary/aromatic N) is 6. The van der Waals surface area contributed by atoms with E-state index in [0.717, 1.165) is 49.6 Å². The minimum absolute atomic E-state index is 0.0638. The molecule has 1 amide bonds. The molecule has 10 nitrogen and oxygen atoms in total. The van der Waals surface area contributed by atoms with E-state index in [1.807, 2.05) is 27.8 Å². The number of anilines is 2. The summed E-state index contributed by atoms with van der Waals surface area (Å²) < 4.78 is 7.59. The standard InChI is InChI=1S/C27H34N8O2/c1-33-13-27(14-33)15-34(16-27)24(36)18-3-4-19(21(7-18)37-2)12-35-22-20(11-30-35)31-25(28)32-23(22)29-10-17-8-26(9-17)5-6-26/h3-4,7,11,17H,5-6,8-10,12-16H2,1-2H3,(H3,28,29,31,32). The van der Waals surface area contributed by atoms with Gasteiger partial charge in [0.15, 0.2) is 5.82 Å². The molecule has 194 valence electrons. The van der Waals surface area contributed by atoms with Crippen molar-refractivity contribution in [3.8, 4) is 5.75 Å². The smallest absolute Gasteiger partial charge is 0.254 e. The van der Waals surface area contributed by atoms with E-state index in [-0.39, 0.29) is 11.9 Å². The summed E-state index contributed by atoms with van der Waals surface area (Å²) in [6.07, 6.45) is 7.12. The lowest BCUT2D eigenvalue weighted by atomic mass is 9.72. The van der Waals surface area contributed by atoms with Crippen molar-refractivity contribution in [2.45, 2.75) is 32.2 Å². The number of methoxy groups -OCH3 is 1. The topological polar surface area (TPSA) is 114 Å². The molecular weight excluding hydrogens is 468 g/mol. The Kier molecular flexibility index (Phi) is 4.95. The van der Waals surface area contributed by atoms with Gasteiger partial charge in [0, 0.05) is 49.3 Å². The molecule has 3 aromatic rings. The molecule has 2 aliphatic carbocycles. The van der Waals surface area contributed by atoms with E-state index >= 15 is 0 Å². The first kappa shape index (κ1) is 22.8. The maximum atomic E-state index is 13.1. The van der Waals surface area contributed by atoms with Crippen molar-refractivity contribution in [1.82, 2.24) is 29.5 Å². The Labute approximate surface area is 216 Å². The zero-order chi connectivity index (χ0) is 25.4. The van der Waals surface area contributed by atoms with E-state index < -0.39 is 0 Å². The number of carbonyl (C=O) groups is 1. The molecular formula is C27H34N8O2. The maximum absolute atomic E-state index is 13.1. The maximum Gasteiger partial charge on any atom is 0.254 e. The molecule has 2 spiro atoms. The van der Waals surface area contributed by atoms with Crippen molar-refractivity contribution in [2.75, 3.05) is 57.9 Å². The van der Waals surface area contributed by atoms with Crippen LogP contribution in [-0.4, -0.2) is 82.3 Å². The Morgan fingerprint density at radius 2 is 1.95 bits per heavy atom. The minimum Gasteiger partial charge on any atom is -0.496 e. The number of hydrogen-bond acceptors (Lipinski definition) is 8. The molecule has 1 aromatic carbocycles. The van der Waals surface area contributed by atoms with Gasteiger partial charge in [0.2, 0.25) is 5.95 Å². The molecule has 2 aliphatic heterocycles. The number of likely N-dealkylation sites (tertiary alicyclic amines) is 2. The highest BCUT2D eigenvalue weighted by atomic mass is 16.5. The lowest BCUT2D eigenvalue weighted by molar-refractivity contribution is -0.0872. The lowest BCUT2D eigenvalue weighted by Gasteiger charge is -2.59. The third-order valence-corrected chi connectivity index (χ3v) is 8.87. The number of nitrogens with two attached hydrogens (primary N) is 1. The van der Waals surface area contributed by atoms with Gasteiger partial charge in [0.05, 0.1) is 19.9 Å². The van der Waals surface area contributed by atoms with Crippen molar-refractivity contribution in [2.24, 2.45) is 16.7 Å². The Morgan fingerprint density at radius 3 is 2.65 bits per heavy atom. The fourth-order valence-corrected chi connectivity index (χ4v) is 6.95. The van der Waals surface area contributed by atoms with Crippen molar-refractivity contribution < 1.29 is 9.53 Å². The molecule has 0 unspecified atom stereocenters. The summed E-state index contributed by atoms with van der Waals surface area (Å²) in [4.78, 5) is 26.2. The van der Waals surface area contributed by atoms with Crippen LogP contribution in [0.2, 0.25) is 0 Å². The van der Waals surface area contributed by atoms with Gasteiger partial charge in [-0.3, -0.25) is 9.48 Å². The van der Waals surface area contributed by atoms with Crippen LogP contribution in [0.15, 0.2) is 24.4 Å². The van der Waals surface area contributed by atoms with E-state index in [1.165, 1.54) is 25.7 Å². The molecule has 0 atom stereocenters. The zero-order valence-corrected chi connectivity index (χ0v) is 21.5. The van der Waals surface area contributed by atoms with Gasteiger partial charge in [0.25, 0.3) is 5.91 Å². The van der Waals surface area contributed by atoms with Gasteiger partial charge >= 0.3 is 0 Å². The zero-order valence-electron chi connectivity index (χ0n) is 21.5. The van der Waals surface area contributed by atoms with Crippen LogP contribution < -0.4 is 15.8 Å². The Balaban J connectivity index is 1.09. The van der Waals surface area contributed by atoms with Crippen LogP contribution in [-0.2, 0) is 6.54 Å². The summed E-state index contributed by atoms with van der Waals surface area (Å²) in [5.74, 6) is 2.37. The largest absolute Gasteiger partial charge is 0.496 e. The van der Waals surface area contributed by atoms with Gasteiger partial charge in [-0.15, -0.1) is 0 Å². The van der Waals surface area contributed by atoms with E-state index in [4.69, 9.17) is 10.5 Å². The minimum atomic E-state index is 0.0638. The van der Waals surface area contributed by atoms with Crippen LogP contribution in [0, 0.1) is 16.7 Å². The summed E-state index contributed by atoms with van der Waals surface area (Å²) in [6, 6.07) is 5.70. The third kappa shape index (κ3) is 3.89. The number of benzene rings is 1. The van der Waals surface area contributed by atoms with E-state index in [1.54, 1.807) is 13.3 Å². The fourth-order valence-electron chi connectivity index (χ4n) is 6.95. The first-order chi connectivity index (χ1) is 17.8. The molecule has 0 bridgehead atoms. The van der Waals surface area contributed by atoms with Crippen LogP contribution in [0.25, 0.3) is 11.0 Å². The third-order valence-electron chi connectivity index (χ3n) is 8.87. The predicted octanol–water partition coefficient (Wildman–Crippen LogP) is 2.46. The molecule has 2 saturated heterocycles. The van der Waals surface area contributed by atoms with Crippen LogP contribution in [0.5, 0.6) is 5.75 Å². The molecule has 2 saturated carbocycles. The molecule has 10 heteroatoms. The highest BCUT2D eigenvalue weighted by Gasteiger charge is 2.53. The number of aromatic nitrogens is 4. The Hall–Kier alpha value is -3.40. The number of rotatable bonds is 7. The van der Waals surface area contributed by atoms with Gasteiger partial charge in [-0.25, -0.2) is 4.98 Å². The van der Waals surface area contributed by atoms with Gasteiger partial charge < -0.3 is 25.6 Å². The molecule has 7 rings (SSSR count). The van der Waals surface area contributed by atoms with Gasteiger partial charge in [-0.05, 0) is 56.2 Å². The average molecular weight is 503 g/mol. The second kappa shape index (κ2) is 8.05. The quantitative estimate of drug-likeness (QED) is 0.506. The molecule has 3 N–H and O–H groups in total. The summed E-state index contributed by atoms with van der Waals surface area (Å²) in [5, 5.41) is 8.12. The average Bonchev–Trinajstić information content (AvgIpc) is 3.52. The summed E-state index contributed by atoms with van der Waals surface area (Å²) >= 11 is 0. The molecule has 4 heterocycles. The van der Waals surface area contributed by atoms with Crippen LogP contribution in [0.4, 0.5) is 11.8 Å². The number of nitrogens with one attached hydrogen (secondary N) is 1. The molecule has 0 radical (unpaired) electrons. The number of hydrogen-bond donors (Lipinski definition) is 2. The number of fused-ring (bicyclic) bond motifs is 1. The monoisotopic (exact) mass is 502 g/mol. The number of nitrogen functional groups attached to an aromatic ring is 1. The fraction of sp³-hybridized carbons (Fsp3) is 0.556. The van der Waals surface area contributed by atoms with Crippen LogP contribution in [0.1, 0.15) is 41.6 Å². The number of amides is 1. The second-order valence-corrected chi connectivity index (χ2v) is 12.0.